The van der Waals surface area contributed by atoms with Crippen molar-refractivity contribution in [3.8, 4) is 0 Å². The van der Waals surface area contributed by atoms with Crippen LogP contribution in [0.4, 0.5) is 0 Å². The predicted molar refractivity (Wildman–Crippen MR) is 81.9 cm³/mol. The van der Waals surface area contributed by atoms with Crippen molar-refractivity contribution < 1.29 is 9.59 Å². The third-order valence-corrected chi connectivity index (χ3v) is 3.73. The number of allylic oxidation sites excluding steroid dienone is 1. The van der Waals surface area contributed by atoms with Crippen LogP contribution in [-0.4, -0.2) is 27.9 Å². The molecule has 4 heteroatoms. The number of hydrogen-bond acceptors (Lipinski definition) is 3. The van der Waals surface area contributed by atoms with E-state index in [-0.39, 0.29) is 17.9 Å². The molecule has 112 valence electrons. The smallest absolute Gasteiger partial charge is 0.267 e. The maximum absolute atomic E-state index is 12.2. The largest absolute Gasteiger partial charge is 0.273 e. The third kappa shape index (κ3) is 3.39. The van der Waals surface area contributed by atoms with Crippen LogP contribution in [0.25, 0.3) is 0 Å². The van der Waals surface area contributed by atoms with Crippen molar-refractivity contribution in [3.63, 3.8) is 0 Å². The number of amides is 2. The second-order valence-corrected chi connectivity index (χ2v) is 5.64. The summed E-state index contributed by atoms with van der Waals surface area (Å²) in [5.41, 5.74) is 1.09. The molecular formula is C17H22N2O2. The molecule has 0 radical (unpaired) electrons. The van der Waals surface area contributed by atoms with E-state index in [9.17, 15) is 9.59 Å². The quantitative estimate of drug-likeness (QED) is 0.799. The standard InChI is InChI=1S/C17H22N2O2/c1-4-8-16(20)19-17(21)11-15(13(2)3)18(19)12-14-9-6-5-7-10-14/h4-10,13,15H,11-12H2,1-3H3/b8-4-/t15-/m1/s1. The molecule has 1 heterocycles. The summed E-state index contributed by atoms with van der Waals surface area (Å²) in [6.45, 7) is 6.51. The Balaban J connectivity index is 2.29. The lowest BCUT2D eigenvalue weighted by molar-refractivity contribution is -0.155. The van der Waals surface area contributed by atoms with Gasteiger partial charge in [0.1, 0.15) is 0 Å². The highest BCUT2D eigenvalue weighted by atomic mass is 16.2. The van der Waals surface area contributed by atoms with Crippen LogP contribution in [-0.2, 0) is 16.1 Å². The molecule has 1 saturated heterocycles. The van der Waals surface area contributed by atoms with Crippen LogP contribution in [0.3, 0.4) is 0 Å². The Hall–Kier alpha value is -1.94. The van der Waals surface area contributed by atoms with Crippen LogP contribution < -0.4 is 0 Å². The van der Waals surface area contributed by atoms with E-state index in [1.54, 1.807) is 13.0 Å². The molecule has 0 aromatic heterocycles. The summed E-state index contributed by atoms with van der Waals surface area (Å²) in [6, 6.07) is 9.98. The lowest BCUT2D eigenvalue weighted by Crippen LogP contribution is -2.46. The van der Waals surface area contributed by atoms with Gasteiger partial charge in [-0.15, -0.1) is 0 Å². The number of carbonyl (C=O) groups excluding carboxylic acids is 2. The highest BCUT2D eigenvalue weighted by Crippen LogP contribution is 2.28. The molecule has 0 spiro atoms. The summed E-state index contributed by atoms with van der Waals surface area (Å²) in [4.78, 5) is 24.4. The first-order valence-electron chi connectivity index (χ1n) is 7.34. The molecule has 4 nitrogen and oxygen atoms in total. The van der Waals surface area contributed by atoms with Gasteiger partial charge in [0, 0.05) is 25.1 Å². The Morgan fingerprint density at radius 1 is 1.33 bits per heavy atom. The van der Waals surface area contributed by atoms with Crippen LogP contribution in [0, 0.1) is 5.92 Å². The minimum Gasteiger partial charge on any atom is -0.273 e. The Kier molecular flexibility index (Phi) is 4.91. The van der Waals surface area contributed by atoms with Gasteiger partial charge >= 0.3 is 0 Å². The van der Waals surface area contributed by atoms with Crippen molar-refractivity contribution in [3.05, 3.63) is 48.0 Å². The highest BCUT2D eigenvalue weighted by Gasteiger charge is 2.41. The van der Waals surface area contributed by atoms with Gasteiger partial charge in [0.2, 0.25) is 5.91 Å². The number of benzene rings is 1. The number of carbonyl (C=O) groups is 2. The van der Waals surface area contributed by atoms with Crippen molar-refractivity contribution in [2.75, 3.05) is 0 Å². The second kappa shape index (κ2) is 6.68. The molecule has 0 aliphatic carbocycles. The fourth-order valence-electron chi connectivity index (χ4n) is 2.66. The van der Waals surface area contributed by atoms with Gasteiger partial charge in [0.05, 0.1) is 0 Å². The van der Waals surface area contributed by atoms with Gasteiger partial charge in [-0.25, -0.2) is 10.0 Å². The van der Waals surface area contributed by atoms with E-state index in [1.807, 2.05) is 35.3 Å². The molecule has 0 bridgehead atoms. The molecule has 1 aromatic rings. The van der Waals surface area contributed by atoms with Crippen LogP contribution in [0.15, 0.2) is 42.5 Å². The van der Waals surface area contributed by atoms with Gasteiger partial charge < -0.3 is 0 Å². The molecule has 2 amide bonds. The summed E-state index contributed by atoms with van der Waals surface area (Å²) in [5, 5.41) is 3.21. The van der Waals surface area contributed by atoms with Crippen LogP contribution >= 0.6 is 0 Å². The van der Waals surface area contributed by atoms with Crippen molar-refractivity contribution in [1.82, 2.24) is 10.0 Å². The van der Waals surface area contributed by atoms with E-state index in [4.69, 9.17) is 0 Å². The zero-order chi connectivity index (χ0) is 15.4. The van der Waals surface area contributed by atoms with Gasteiger partial charge in [-0.05, 0) is 18.4 Å². The predicted octanol–water partition coefficient (Wildman–Crippen LogP) is 2.76. The first kappa shape index (κ1) is 15.4. The number of hydrazine groups is 1. The molecule has 21 heavy (non-hydrogen) atoms. The van der Waals surface area contributed by atoms with Crippen molar-refractivity contribution in [2.24, 2.45) is 5.92 Å². The molecule has 1 aliphatic heterocycles. The van der Waals surface area contributed by atoms with Crippen molar-refractivity contribution >= 4 is 11.8 Å². The topological polar surface area (TPSA) is 40.6 Å². The Bertz CT molecular complexity index is 537. The van der Waals surface area contributed by atoms with Crippen LogP contribution in [0.2, 0.25) is 0 Å². The van der Waals surface area contributed by atoms with Gasteiger partial charge in [-0.1, -0.05) is 50.3 Å². The fourth-order valence-corrected chi connectivity index (χ4v) is 2.66. The Morgan fingerprint density at radius 3 is 2.57 bits per heavy atom. The summed E-state index contributed by atoms with van der Waals surface area (Å²) < 4.78 is 0. The summed E-state index contributed by atoms with van der Waals surface area (Å²) >= 11 is 0. The Labute approximate surface area is 126 Å². The van der Waals surface area contributed by atoms with Gasteiger partial charge in [-0.3, -0.25) is 9.59 Å². The average molecular weight is 286 g/mol. The molecule has 0 saturated carbocycles. The molecule has 0 unspecified atom stereocenters. The van der Waals surface area contributed by atoms with E-state index < -0.39 is 0 Å². The van der Waals surface area contributed by atoms with E-state index in [0.717, 1.165) is 5.56 Å². The first-order chi connectivity index (χ1) is 10.0. The highest BCUT2D eigenvalue weighted by molar-refractivity contribution is 6.01. The zero-order valence-corrected chi connectivity index (χ0v) is 12.8. The summed E-state index contributed by atoms with van der Waals surface area (Å²) in [6.07, 6.45) is 3.51. The number of nitrogens with zero attached hydrogens (tertiary/aromatic N) is 2. The molecule has 1 atom stereocenters. The minimum atomic E-state index is -0.262. The van der Waals surface area contributed by atoms with E-state index in [2.05, 4.69) is 13.8 Å². The fraction of sp³-hybridized carbons (Fsp3) is 0.412. The molecular weight excluding hydrogens is 264 g/mol. The average Bonchev–Trinajstić information content (AvgIpc) is 2.77. The van der Waals surface area contributed by atoms with E-state index >= 15 is 0 Å². The molecule has 1 aromatic carbocycles. The maximum Gasteiger partial charge on any atom is 0.267 e. The minimum absolute atomic E-state index is 0.0620. The van der Waals surface area contributed by atoms with Crippen LogP contribution in [0.5, 0.6) is 0 Å². The first-order valence-corrected chi connectivity index (χ1v) is 7.34. The third-order valence-electron chi connectivity index (χ3n) is 3.73. The van der Waals surface area contributed by atoms with Gasteiger partial charge in [-0.2, -0.15) is 0 Å². The van der Waals surface area contributed by atoms with E-state index in [1.165, 1.54) is 11.1 Å². The maximum atomic E-state index is 12.2. The Morgan fingerprint density at radius 2 is 2.00 bits per heavy atom. The van der Waals surface area contributed by atoms with Crippen molar-refractivity contribution in [1.29, 1.82) is 0 Å². The van der Waals surface area contributed by atoms with E-state index in [0.29, 0.717) is 18.9 Å². The number of hydrogen-bond donors (Lipinski definition) is 0. The number of imide groups is 1. The van der Waals surface area contributed by atoms with Gasteiger partial charge in [0.25, 0.3) is 5.91 Å². The lowest BCUT2D eigenvalue weighted by Gasteiger charge is -2.31. The molecule has 0 N–H and O–H groups in total. The van der Waals surface area contributed by atoms with Crippen molar-refractivity contribution in [2.45, 2.75) is 39.8 Å². The molecule has 1 aliphatic rings. The summed E-state index contributed by atoms with van der Waals surface area (Å²) in [7, 11) is 0. The number of rotatable bonds is 4. The molecule has 2 rings (SSSR count). The second-order valence-electron chi connectivity index (χ2n) is 5.64. The van der Waals surface area contributed by atoms with Gasteiger partial charge in [0.15, 0.2) is 0 Å². The zero-order valence-electron chi connectivity index (χ0n) is 12.8. The normalized spacial score (nSPS) is 19.9. The SMILES string of the molecule is C/C=C\C(=O)N1C(=O)C[C@H](C(C)C)N1Cc1ccccc1. The monoisotopic (exact) mass is 286 g/mol. The lowest BCUT2D eigenvalue weighted by atomic mass is 10.0. The van der Waals surface area contributed by atoms with Crippen LogP contribution in [0.1, 0.15) is 32.8 Å². The summed E-state index contributed by atoms with van der Waals surface area (Å²) in [5.74, 6) is -0.0737. The molecule has 1 fully saturated rings.